The lowest BCUT2D eigenvalue weighted by Crippen LogP contribution is -2.03. The number of aryl methyl sites for hydroxylation is 2. The topological polar surface area (TPSA) is 25.3 Å². The second-order valence-corrected chi connectivity index (χ2v) is 9.48. The molecule has 0 radical (unpaired) electrons. The predicted octanol–water partition coefficient (Wildman–Crippen LogP) is 9.53. The summed E-state index contributed by atoms with van der Waals surface area (Å²) in [6.45, 7) is 6.73. The van der Waals surface area contributed by atoms with E-state index in [2.05, 4.69) is 75.4 Å². The Bertz CT molecular complexity index is 963. The standard InChI is InChI=1S/C31H42N2/c1-4-7-10-12-17-29-24-30(28-18-13-16-26(23-28)14-9-6-3)33(32)31(29)27-21-19-25(20-22-27)15-11-8-5-2/h13,16,18-24H,4-12,14-15,17H2,1-3H3. The molecule has 0 saturated heterocycles. The third-order valence-corrected chi connectivity index (χ3v) is 6.69. The van der Waals surface area contributed by atoms with Gasteiger partial charge in [-0.05, 0) is 73.9 Å². The minimum Gasteiger partial charge on any atom is -0.493 e. The Labute approximate surface area is 201 Å². The molecule has 0 aliphatic carbocycles. The van der Waals surface area contributed by atoms with Crippen LogP contribution < -0.4 is 0 Å². The Kier molecular flexibility index (Phi) is 10.1. The Balaban J connectivity index is 1.84. The Hall–Kier alpha value is -2.48. The van der Waals surface area contributed by atoms with Crippen LogP contribution >= 0.6 is 0 Å². The lowest BCUT2D eigenvalue weighted by Gasteiger charge is -2.11. The number of rotatable bonds is 14. The van der Waals surface area contributed by atoms with Gasteiger partial charge in [0.25, 0.3) is 0 Å². The van der Waals surface area contributed by atoms with Gasteiger partial charge in [-0.2, -0.15) is 0 Å². The van der Waals surface area contributed by atoms with Crippen molar-refractivity contribution in [1.82, 2.24) is 0 Å². The molecule has 2 nitrogen and oxygen atoms in total. The van der Waals surface area contributed by atoms with Crippen molar-refractivity contribution in [2.75, 3.05) is 0 Å². The molecule has 33 heavy (non-hydrogen) atoms. The molecule has 0 atom stereocenters. The third-order valence-electron chi connectivity index (χ3n) is 6.69. The molecular formula is C31H42N2. The maximum Gasteiger partial charge on any atom is 0.210 e. The maximum absolute atomic E-state index is 11.3. The highest BCUT2D eigenvalue weighted by Gasteiger charge is 2.28. The molecule has 2 aromatic rings. The van der Waals surface area contributed by atoms with Gasteiger partial charge in [0.2, 0.25) is 11.4 Å². The molecule has 0 aromatic heterocycles. The molecule has 0 fully saturated rings. The van der Waals surface area contributed by atoms with E-state index >= 15 is 0 Å². The first-order chi connectivity index (χ1) is 16.2. The van der Waals surface area contributed by atoms with Crippen molar-refractivity contribution in [3.05, 3.63) is 88.0 Å². The van der Waals surface area contributed by atoms with E-state index < -0.39 is 0 Å². The molecule has 2 aromatic carbocycles. The van der Waals surface area contributed by atoms with Gasteiger partial charge < -0.3 is 5.53 Å². The summed E-state index contributed by atoms with van der Waals surface area (Å²) in [5, 5.41) is 0. The van der Waals surface area contributed by atoms with Crippen LogP contribution in [0.15, 0.2) is 60.2 Å². The molecule has 0 spiro atoms. The summed E-state index contributed by atoms with van der Waals surface area (Å²) in [6.07, 6.45) is 16.5. The minimum atomic E-state index is 0.904. The number of hydrogen-bond acceptors (Lipinski definition) is 0. The molecule has 0 N–H and O–H groups in total. The van der Waals surface area contributed by atoms with Crippen LogP contribution in [0.4, 0.5) is 0 Å². The normalized spacial score (nSPS) is 13.7. The number of nitrogens with zero attached hydrogens (tertiary/aromatic N) is 2. The summed E-state index contributed by atoms with van der Waals surface area (Å²) in [5.41, 5.74) is 19.4. The van der Waals surface area contributed by atoms with Gasteiger partial charge >= 0.3 is 0 Å². The van der Waals surface area contributed by atoms with Gasteiger partial charge in [0.05, 0.1) is 0 Å². The van der Waals surface area contributed by atoms with E-state index in [0.717, 1.165) is 48.2 Å². The fraction of sp³-hybridized carbons (Fsp3) is 0.484. The summed E-state index contributed by atoms with van der Waals surface area (Å²) in [4.78, 5) is 0. The van der Waals surface area contributed by atoms with Crippen LogP contribution in [0.3, 0.4) is 0 Å². The SMILES string of the molecule is CCCCCCC1=C(c2ccc(CCCCC)cc2)[N+](=[N-])C(c2cccc(CCCC)c2)=C1. The second-order valence-electron chi connectivity index (χ2n) is 9.48. The number of benzene rings is 2. The zero-order valence-corrected chi connectivity index (χ0v) is 21.1. The van der Waals surface area contributed by atoms with Gasteiger partial charge in [-0.25, -0.2) is 4.70 Å². The fourth-order valence-corrected chi connectivity index (χ4v) is 4.67. The van der Waals surface area contributed by atoms with Crippen molar-refractivity contribution >= 4 is 11.4 Å². The van der Waals surface area contributed by atoms with Crippen molar-refractivity contribution in [1.29, 1.82) is 0 Å². The molecule has 1 heterocycles. The van der Waals surface area contributed by atoms with E-state index in [1.807, 2.05) is 0 Å². The van der Waals surface area contributed by atoms with Crippen molar-refractivity contribution in [2.45, 2.75) is 97.8 Å². The summed E-state index contributed by atoms with van der Waals surface area (Å²) in [7, 11) is 0. The summed E-state index contributed by atoms with van der Waals surface area (Å²) in [5.74, 6) is 0. The minimum absolute atomic E-state index is 0.904. The van der Waals surface area contributed by atoms with Crippen LogP contribution in [0.25, 0.3) is 16.9 Å². The van der Waals surface area contributed by atoms with E-state index in [1.165, 1.54) is 72.8 Å². The summed E-state index contributed by atoms with van der Waals surface area (Å²) in [6, 6.07) is 17.6. The summed E-state index contributed by atoms with van der Waals surface area (Å²) >= 11 is 0. The molecule has 0 amide bonds. The highest BCUT2D eigenvalue weighted by molar-refractivity contribution is 5.78. The quantitative estimate of drug-likeness (QED) is 0.205. The fourth-order valence-electron chi connectivity index (χ4n) is 4.67. The highest BCUT2D eigenvalue weighted by atomic mass is 15.2. The number of allylic oxidation sites excluding steroid dienone is 2. The predicted molar refractivity (Wildman–Crippen MR) is 142 cm³/mol. The van der Waals surface area contributed by atoms with Crippen LogP contribution in [0.1, 0.15) is 107 Å². The van der Waals surface area contributed by atoms with Gasteiger partial charge in [0.1, 0.15) is 0 Å². The van der Waals surface area contributed by atoms with Gasteiger partial charge in [-0.15, -0.1) is 0 Å². The average molecular weight is 443 g/mol. The molecular weight excluding hydrogens is 400 g/mol. The Morgan fingerprint density at radius 1 is 0.636 bits per heavy atom. The molecule has 1 aliphatic heterocycles. The monoisotopic (exact) mass is 442 g/mol. The van der Waals surface area contributed by atoms with Gasteiger partial charge in [0.15, 0.2) is 0 Å². The van der Waals surface area contributed by atoms with Crippen molar-refractivity contribution in [2.24, 2.45) is 0 Å². The van der Waals surface area contributed by atoms with Gasteiger partial charge in [-0.1, -0.05) is 83.6 Å². The molecule has 2 heteroatoms. The molecule has 0 saturated carbocycles. The highest BCUT2D eigenvalue weighted by Crippen LogP contribution is 2.37. The van der Waals surface area contributed by atoms with Crippen molar-refractivity contribution in [3.8, 4) is 0 Å². The van der Waals surface area contributed by atoms with Crippen LogP contribution in [0.2, 0.25) is 0 Å². The van der Waals surface area contributed by atoms with E-state index in [0.29, 0.717) is 0 Å². The molecule has 1 aliphatic rings. The van der Waals surface area contributed by atoms with Crippen molar-refractivity contribution in [3.63, 3.8) is 0 Å². The van der Waals surface area contributed by atoms with Gasteiger partial charge in [0, 0.05) is 22.8 Å². The lowest BCUT2D eigenvalue weighted by atomic mass is 9.99. The van der Waals surface area contributed by atoms with Crippen LogP contribution in [0, 0.1) is 0 Å². The Morgan fingerprint density at radius 2 is 1.30 bits per heavy atom. The second kappa shape index (κ2) is 13.3. The number of hydrogen-bond donors (Lipinski definition) is 0. The zero-order chi connectivity index (χ0) is 23.5. The van der Waals surface area contributed by atoms with E-state index in [1.54, 1.807) is 0 Å². The first kappa shape index (κ1) is 25.1. The van der Waals surface area contributed by atoms with E-state index in [4.69, 9.17) is 0 Å². The zero-order valence-electron chi connectivity index (χ0n) is 21.1. The Morgan fingerprint density at radius 3 is 2.03 bits per heavy atom. The maximum atomic E-state index is 11.3. The molecule has 3 rings (SSSR count). The smallest absolute Gasteiger partial charge is 0.210 e. The van der Waals surface area contributed by atoms with Crippen LogP contribution in [-0.4, -0.2) is 4.70 Å². The third kappa shape index (κ3) is 7.00. The summed E-state index contributed by atoms with van der Waals surface area (Å²) < 4.78 is 1.44. The number of unbranched alkanes of at least 4 members (excludes halogenated alkanes) is 6. The van der Waals surface area contributed by atoms with Crippen LogP contribution in [-0.2, 0) is 12.8 Å². The molecule has 0 bridgehead atoms. The van der Waals surface area contributed by atoms with Crippen LogP contribution in [0.5, 0.6) is 0 Å². The van der Waals surface area contributed by atoms with Crippen molar-refractivity contribution < 1.29 is 4.70 Å². The largest absolute Gasteiger partial charge is 0.493 e. The first-order valence-electron chi connectivity index (χ1n) is 13.3. The average Bonchev–Trinajstić information content (AvgIpc) is 3.17. The van der Waals surface area contributed by atoms with E-state index in [9.17, 15) is 5.53 Å². The molecule has 176 valence electrons. The van der Waals surface area contributed by atoms with Gasteiger partial charge in [-0.3, -0.25) is 0 Å². The first-order valence-corrected chi connectivity index (χ1v) is 13.3. The molecule has 0 unspecified atom stereocenters. The lowest BCUT2D eigenvalue weighted by molar-refractivity contribution is -0.344. The van der Waals surface area contributed by atoms with E-state index in [-0.39, 0.29) is 0 Å².